The first-order valence-electron chi connectivity index (χ1n) is 13.6. The molecule has 0 saturated heterocycles. The molecule has 0 radical (unpaired) electrons. The number of furan rings is 1. The number of benzene rings is 3. The molecule has 0 spiro atoms. The van der Waals surface area contributed by atoms with Crippen LogP contribution in [0.25, 0.3) is 43.9 Å². The number of allylic oxidation sites excluding steroid dienone is 1. The second kappa shape index (κ2) is 8.31. The van der Waals surface area contributed by atoms with Gasteiger partial charge < -0.3 is 4.42 Å². The van der Waals surface area contributed by atoms with Gasteiger partial charge in [0.05, 0.1) is 11.0 Å². The highest BCUT2D eigenvalue weighted by molar-refractivity contribution is 6.20. The Balaban J connectivity index is 1.76. The maximum absolute atomic E-state index is 6.67. The van der Waals surface area contributed by atoms with E-state index in [0.717, 1.165) is 24.0 Å². The summed E-state index contributed by atoms with van der Waals surface area (Å²) < 4.78 is 8.99. The van der Waals surface area contributed by atoms with Crippen molar-refractivity contribution in [3.05, 3.63) is 88.2 Å². The van der Waals surface area contributed by atoms with Crippen molar-refractivity contribution >= 4 is 43.9 Å². The number of fused-ring (bicyclic) bond motifs is 3. The summed E-state index contributed by atoms with van der Waals surface area (Å²) in [7, 11) is 2.20. The zero-order valence-corrected chi connectivity index (χ0v) is 23.5. The summed E-state index contributed by atoms with van der Waals surface area (Å²) in [6.45, 7) is 16.2. The molecule has 2 aromatic heterocycles. The van der Waals surface area contributed by atoms with Gasteiger partial charge in [0.2, 0.25) is 5.69 Å². The fourth-order valence-electron chi connectivity index (χ4n) is 6.37. The first kappa shape index (κ1) is 24.0. The second-order valence-electron chi connectivity index (χ2n) is 12.7. The number of hydrogen-bond acceptors (Lipinski definition) is 1. The second-order valence-corrected chi connectivity index (χ2v) is 12.7. The van der Waals surface area contributed by atoms with E-state index in [1.165, 1.54) is 66.2 Å². The van der Waals surface area contributed by atoms with Crippen molar-refractivity contribution in [2.45, 2.75) is 61.3 Å². The average Bonchev–Trinajstić information content (AvgIpc) is 3.33. The zero-order chi connectivity index (χ0) is 26.2. The van der Waals surface area contributed by atoms with Crippen LogP contribution in [-0.2, 0) is 13.5 Å². The van der Waals surface area contributed by atoms with Gasteiger partial charge in [-0.2, -0.15) is 0 Å². The Morgan fingerprint density at radius 1 is 0.946 bits per heavy atom. The van der Waals surface area contributed by atoms with E-state index in [9.17, 15) is 0 Å². The molecule has 2 heteroatoms. The predicted octanol–water partition coefficient (Wildman–Crippen LogP) is 9.09. The lowest BCUT2D eigenvalue weighted by Gasteiger charge is -2.19. The zero-order valence-electron chi connectivity index (χ0n) is 23.5. The van der Waals surface area contributed by atoms with Crippen LogP contribution in [0, 0.1) is 25.2 Å². The van der Waals surface area contributed by atoms with Crippen molar-refractivity contribution in [3.63, 3.8) is 0 Å². The van der Waals surface area contributed by atoms with Gasteiger partial charge in [-0.15, -0.1) is 0 Å². The molecule has 0 amide bonds. The minimum atomic E-state index is 0.236. The van der Waals surface area contributed by atoms with Gasteiger partial charge in [-0.25, -0.2) is 4.57 Å². The molecule has 0 N–H and O–H groups in total. The van der Waals surface area contributed by atoms with Gasteiger partial charge >= 0.3 is 0 Å². The minimum absolute atomic E-state index is 0.236. The Hall–Kier alpha value is -3.39. The molecule has 1 aliphatic rings. The fraction of sp³-hybridized carbons (Fsp3) is 0.343. The predicted molar refractivity (Wildman–Crippen MR) is 157 cm³/mol. The van der Waals surface area contributed by atoms with Crippen LogP contribution >= 0.6 is 0 Å². The van der Waals surface area contributed by atoms with E-state index in [1.807, 2.05) is 0 Å². The van der Waals surface area contributed by atoms with Crippen molar-refractivity contribution in [2.75, 3.05) is 0 Å². The van der Waals surface area contributed by atoms with Crippen LogP contribution in [0.3, 0.4) is 0 Å². The lowest BCUT2D eigenvalue weighted by molar-refractivity contribution is -0.672. The summed E-state index contributed by atoms with van der Waals surface area (Å²) in [6, 6.07) is 18.0. The van der Waals surface area contributed by atoms with E-state index in [2.05, 4.69) is 115 Å². The van der Waals surface area contributed by atoms with E-state index in [4.69, 9.17) is 4.42 Å². The highest BCUT2D eigenvalue weighted by Gasteiger charge is 2.36. The Kier molecular flexibility index (Phi) is 5.39. The maximum Gasteiger partial charge on any atom is 0.221 e. The topological polar surface area (TPSA) is 17.0 Å². The summed E-state index contributed by atoms with van der Waals surface area (Å²) >= 11 is 0. The van der Waals surface area contributed by atoms with E-state index >= 15 is 0 Å². The number of pyridine rings is 1. The van der Waals surface area contributed by atoms with Crippen LogP contribution in [0.4, 0.5) is 0 Å². The quantitative estimate of drug-likeness (QED) is 0.231. The molecule has 2 heterocycles. The Labute approximate surface area is 220 Å². The summed E-state index contributed by atoms with van der Waals surface area (Å²) in [5.41, 5.74) is 13.1. The summed E-state index contributed by atoms with van der Waals surface area (Å²) in [4.78, 5) is 0. The molecule has 0 atom stereocenters. The lowest BCUT2D eigenvalue weighted by Crippen LogP contribution is -2.32. The van der Waals surface area contributed by atoms with Crippen LogP contribution < -0.4 is 4.57 Å². The smallest absolute Gasteiger partial charge is 0.221 e. The van der Waals surface area contributed by atoms with Crippen LogP contribution in [0.1, 0.15) is 74.6 Å². The molecular formula is C35H38NO+. The SMILES string of the molecule is Cc1cc2c(oc3ccccc32)c(C2=C(CC(C)C)c3cc(CC(C)(C)C)cc4cc[n+](C)c2c34)c1C. The lowest BCUT2D eigenvalue weighted by atomic mass is 9.85. The highest BCUT2D eigenvalue weighted by atomic mass is 16.3. The normalized spacial score (nSPS) is 13.8. The van der Waals surface area contributed by atoms with Gasteiger partial charge in [-0.1, -0.05) is 65.0 Å². The van der Waals surface area contributed by atoms with Crippen LogP contribution in [0.2, 0.25) is 0 Å². The van der Waals surface area contributed by atoms with Crippen LogP contribution in [0.5, 0.6) is 0 Å². The van der Waals surface area contributed by atoms with Gasteiger partial charge in [0, 0.05) is 22.4 Å². The van der Waals surface area contributed by atoms with Crippen molar-refractivity contribution < 1.29 is 8.98 Å². The van der Waals surface area contributed by atoms with Gasteiger partial charge in [0.1, 0.15) is 18.2 Å². The number of aryl methyl sites for hydroxylation is 2. The van der Waals surface area contributed by atoms with Crippen molar-refractivity contribution in [1.29, 1.82) is 0 Å². The molecule has 0 saturated carbocycles. The van der Waals surface area contributed by atoms with Crippen LogP contribution in [0.15, 0.2) is 59.1 Å². The third-order valence-electron chi connectivity index (χ3n) is 7.94. The fourth-order valence-corrected chi connectivity index (χ4v) is 6.37. The van der Waals surface area contributed by atoms with E-state index in [1.54, 1.807) is 0 Å². The molecule has 37 heavy (non-hydrogen) atoms. The van der Waals surface area contributed by atoms with Gasteiger partial charge in [-0.3, -0.25) is 0 Å². The Bertz CT molecular complexity index is 1750. The van der Waals surface area contributed by atoms with E-state index in [0.29, 0.717) is 5.92 Å². The first-order valence-corrected chi connectivity index (χ1v) is 13.6. The Morgan fingerprint density at radius 2 is 1.70 bits per heavy atom. The number of rotatable bonds is 4. The molecule has 0 fully saturated rings. The molecule has 0 unspecified atom stereocenters. The monoisotopic (exact) mass is 488 g/mol. The largest absolute Gasteiger partial charge is 0.455 e. The molecule has 5 aromatic rings. The van der Waals surface area contributed by atoms with Gasteiger partial charge in [-0.05, 0) is 83.4 Å². The molecule has 0 bridgehead atoms. The molecule has 0 aliphatic heterocycles. The van der Waals surface area contributed by atoms with Gasteiger partial charge in [0.15, 0.2) is 6.20 Å². The third kappa shape index (κ3) is 3.81. The van der Waals surface area contributed by atoms with Crippen molar-refractivity contribution in [3.8, 4) is 0 Å². The maximum atomic E-state index is 6.67. The minimum Gasteiger partial charge on any atom is -0.455 e. The summed E-state index contributed by atoms with van der Waals surface area (Å²) in [5, 5.41) is 5.13. The molecule has 2 nitrogen and oxygen atoms in total. The average molecular weight is 489 g/mol. The molecule has 1 aliphatic carbocycles. The van der Waals surface area contributed by atoms with Crippen molar-refractivity contribution in [2.24, 2.45) is 18.4 Å². The molecule has 188 valence electrons. The van der Waals surface area contributed by atoms with Gasteiger partial charge in [0.25, 0.3) is 0 Å². The van der Waals surface area contributed by atoms with E-state index < -0.39 is 0 Å². The molecule has 6 rings (SSSR count). The van der Waals surface area contributed by atoms with Crippen LogP contribution in [-0.4, -0.2) is 0 Å². The first-order chi connectivity index (χ1) is 17.5. The number of nitrogens with zero attached hydrogens (tertiary/aromatic N) is 1. The standard InChI is InChI=1S/C35H38NO/c1-20(2)15-26-27-18-23(19-35(5,6)7)17-24-13-14-36(8)33(31(24)27)32(26)30-22(4)21(3)16-28-25-11-9-10-12-29(25)37-34(28)30/h9-14,16-18,20H,15,19H2,1-8H3/q+1. The van der Waals surface area contributed by atoms with E-state index in [-0.39, 0.29) is 5.41 Å². The molecular weight excluding hydrogens is 450 g/mol. The Morgan fingerprint density at radius 3 is 2.43 bits per heavy atom. The van der Waals surface area contributed by atoms with Crippen molar-refractivity contribution in [1.82, 2.24) is 0 Å². The number of hydrogen-bond donors (Lipinski definition) is 0. The number of aromatic nitrogens is 1. The summed E-state index contributed by atoms with van der Waals surface area (Å²) in [5.74, 6) is 0.544. The highest BCUT2D eigenvalue weighted by Crippen LogP contribution is 2.50. The number of para-hydroxylation sites is 1. The summed E-state index contributed by atoms with van der Waals surface area (Å²) in [6.07, 6.45) is 4.34. The third-order valence-corrected chi connectivity index (χ3v) is 7.94. The molecule has 3 aromatic carbocycles.